The molecule has 2 aromatic rings. The number of hydrogen-bond acceptors (Lipinski definition) is 4. The Hall–Kier alpha value is -2.43. The molecule has 0 aliphatic carbocycles. The minimum Gasteiger partial charge on any atom is -0.710 e. The standard InChI is InChI=1S/C14H16N4O/c1-11-7-8-12(13(10-11)17(2)3)15-16-14-6-4-5-9-18(14)19/h4-10H,1-3H3. The van der Waals surface area contributed by atoms with Gasteiger partial charge >= 0.3 is 5.82 Å². The fourth-order valence-corrected chi connectivity index (χ4v) is 1.68. The normalized spacial score (nSPS) is 10.9. The van der Waals surface area contributed by atoms with Crippen LogP contribution in [0.1, 0.15) is 5.56 Å². The summed E-state index contributed by atoms with van der Waals surface area (Å²) in [6, 6.07) is 10.9. The second kappa shape index (κ2) is 5.48. The maximum Gasteiger partial charge on any atom is 0.353 e. The molecule has 1 heterocycles. The highest BCUT2D eigenvalue weighted by Gasteiger charge is 2.08. The van der Waals surface area contributed by atoms with Crippen LogP contribution in [0.5, 0.6) is 0 Å². The highest BCUT2D eigenvalue weighted by atomic mass is 16.5. The van der Waals surface area contributed by atoms with Gasteiger partial charge < -0.3 is 10.1 Å². The van der Waals surface area contributed by atoms with E-state index in [1.807, 2.05) is 44.1 Å². The van der Waals surface area contributed by atoms with E-state index >= 15 is 0 Å². The first-order valence-electron chi connectivity index (χ1n) is 5.96. The lowest BCUT2D eigenvalue weighted by molar-refractivity contribution is -0.591. The van der Waals surface area contributed by atoms with Crippen molar-refractivity contribution >= 4 is 17.2 Å². The molecule has 19 heavy (non-hydrogen) atoms. The van der Waals surface area contributed by atoms with E-state index in [2.05, 4.69) is 10.2 Å². The number of aromatic nitrogens is 1. The molecule has 1 aromatic heterocycles. The molecule has 0 saturated heterocycles. The van der Waals surface area contributed by atoms with Crippen molar-refractivity contribution in [1.29, 1.82) is 0 Å². The van der Waals surface area contributed by atoms with Gasteiger partial charge in [-0.25, -0.2) is 4.73 Å². The van der Waals surface area contributed by atoms with Gasteiger partial charge in [-0.15, -0.1) is 0 Å². The van der Waals surface area contributed by atoms with Crippen LogP contribution in [0, 0.1) is 12.1 Å². The molecule has 0 amide bonds. The molecule has 0 saturated carbocycles. The van der Waals surface area contributed by atoms with Crippen LogP contribution in [0.15, 0.2) is 52.8 Å². The molecule has 0 atom stereocenters. The van der Waals surface area contributed by atoms with Crippen LogP contribution in [0.3, 0.4) is 0 Å². The molecule has 0 N–H and O–H groups in total. The van der Waals surface area contributed by atoms with Crippen LogP contribution >= 0.6 is 0 Å². The summed E-state index contributed by atoms with van der Waals surface area (Å²) in [5.41, 5.74) is 2.86. The van der Waals surface area contributed by atoms with Gasteiger partial charge in [0.1, 0.15) is 5.69 Å². The van der Waals surface area contributed by atoms with Crippen LogP contribution in [0.2, 0.25) is 0 Å². The van der Waals surface area contributed by atoms with Crippen molar-refractivity contribution in [2.75, 3.05) is 19.0 Å². The Balaban J connectivity index is 2.36. The van der Waals surface area contributed by atoms with E-state index in [-0.39, 0.29) is 5.82 Å². The Morgan fingerprint density at radius 3 is 2.58 bits per heavy atom. The van der Waals surface area contributed by atoms with Gasteiger partial charge in [-0.2, -0.15) is 0 Å². The van der Waals surface area contributed by atoms with Crippen LogP contribution in [0.4, 0.5) is 17.2 Å². The molecule has 1 aromatic carbocycles. The highest BCUT2D eigenvalue weighted by Crippen LogP contribution is 2.29. The van der Waals surface area contributed by atoms with Gasteiger partial charge in [-0.3, -0.25) is 0 Å². The monoisotopic (exact) mass is 256 g/mol. The lowest BCUT2D eigenvalue weighted by atomic mass is 10.2. The van der Waals surface area contributed by atoms with Gasteiger partial charge in [0.05, 0.1) is 17.0 Å². The number of rotatable bonds is 3. The lowest BCUT2D eigenvalue weighted by Crippen LogP contribution is -2.24. The van der Waals surface area contributed by atoms with Gasteiger partial charge in [0.25, 0.3) is 0 Å². The largest absolute Gasteiger partial charge is 0.710 e. The zero-order valence-electron chi connectivity index (χ0n) is 11.2. The first-order chi connectivity index (χ1) is 9.08. The zero-order chi connectivity index (χ0) is 13.8. The minimum atomic E-state index is 0.271. The number of pyridine rings is 1. The summed E-state index contributed by atoms with van der Waals surface area (Å²) in [7, 11) is 3.90. The molecule has 0 aliphatic rings. The third kappa shape index (κ3) is 3.07. The number of benzene rings is 1. The highest BCUT2D eigenvalue weighted by molar-refractivity contribution is 5.67. The predicted octanol–water partition coefficient (Wildman–Crippen LogP) is 3.11. The summed E-state index contributed by atoms with van der Waals surface area (Å²) < 4.78 is 0.688. The van der Waals surface area contributed by atoms with E-state index in [4.69, 9.17) is 0 Å². The smallest absolute Gasteiger partial charge is 0.353 e. The van der Waals surface area contributed by atoms with Gasteiger partial charge in [0.2, 0.25) is 0 Å². The van der Waals surface area contributed by atoms with Crippen molar-refractivity contribution in [3.63, 3.8) is 0 Å². The van der Waals surface area contributed by atoms with Crippen molar-refractivity contribution in [2.24, 2.45) is 10.2 Å². The molecule has 0 bridgehead atoms. The first-order valence-corrected chi connectivity index (χ1v) is 5.96. The van der Waals surface area contributed by atoms with Crippen molar-refractivity contribution in [3.8, 4) is 0 Å². The average molecular weight is 256 g/mol. The second-order valence-corrected chi connectivity index (χ2v) is 4.47. The van der Waals surface area contributed by atoms with Crippen LogP contribution in [-0.2, 0) is 0 Å². The molecule has 0 radical (unpaired) electrons. The fraction of sp³-hybridized carbons (Fsp3) is 0.214. The Morgan fingerprint density at radius 1 is 1.11 bits per heavy atom. The van der Waals surface area contributed by atoms with Crippen molar-refractivity contribution in [1.82, 2.24) is 0 Å². The third-order valence-electron chi connectivity index (χ3n) is 2.68. The van der Waals surface area contributed by atoms with Gasteiger partial charge in [0.15, 0.2) is 0 Å². The summed E-state index contributed by atoms with van der Waals surface area (Å²) in [5, 5.41) is 19.6. The predicted molar refractivity (Wildman–Crippen MR) is 75.1 cm³/mol. The lowest BCUT2D eigenvalue weighted by Gasteiger charge is -2.14. The molecule has 0 unspecified atom stereocenters. The molecule has 98 valence electrons. The third-order valence-corrected chi connectivity index (χ3v) is 2.68. The molecule has 5 heteroatoms. The SMILES string of the molecule is Cc1ccc(N=Nc2cccc[n+]2[O-])c(N(C)C)c1. The van der Waals surface area contributed by atoms with E-state index in [0.717, 1.165) is 16.9 Å². The summed E-state index contributed by atoms with van der Waals surface area (Å²) in [6.07, 6.45) is 1.40. The van der Waals surface area contributed by atoms with E-state index in [1.54, 1.807) is 18.2 Å². The maximum atomic E-state index is 11.5. The number of hydrogen-bond donors (Lipinski definition) is 0. The summed E-state index contributed by atoms with van der Waals surface area (Å²) in [5.74, 6) is 0.271. The molecule has 0 spiro atoms. The number of aryl methyl sites for hydroxylation is 1. The molecular weight excluding hydrogens is 240 g/mol. The maximum absolute atomic E-state index is 11.5. The van der Waals surface area contributed by atoms with E-state index < -0.39 is 0 Å². The summed E-state index contributed by atoms with van der Waals surface area (Å²) in [6.45, 7) is 2.02. The molecule has 0 aliphatic heterocycles. The number of anilines is 1. The van der Waals surface area contributed by atoms with E-state index in [1.165, 1.54) is 6.20 Å². The van der Waals surface area contributed by atoms with Crippen LogP contribution < -0.4 is 9.63 Å². The van der Waals surface area contributed by atoms with Crippen molar-refractivity contribution in [3.05, 3.63) is 53.4 Å². The fourth-order valence-electron chi connectivity index (χ4n) is 1.68. The molecule has 0 fully saturated rings. The Morgan fingerprint density at radius 2 is 1.89 bits per heavy atom. The van der Waals surface area contributed by atoms with Gasteiger partial charge in [0, 0.05) is 20.2 Å². The summed E-state index contributed by atoms with van der Waals surface area (Å²) in [4.78, 5) is 1.97. The van der Waals surface area contributed by atoms with E-state index in [9.17, 15) is 5.21 Å². The second-order valence-electron chi connectivity index (χ2n) is 4.47. The minimum absolute atomic E-state index is 0.271. The van der Waals surface area contributed by atoms with Gasteiger partial charge in [-0.05, 0) is 35.8 Å². The van der Waals surface area contributed by atoms with Crippen LogP contribution in [-0.4, -0.2) is 14.1 Å². The van der Waals surface area contributed by atoms with Crippen molar-refractivity contribution in [2.45, 2.75) is 6.92 Å². The Bertz CT molecular complexity index is 608. The topological polar surface area (TPSA) is 54.9 Å². The zero-order valence-corrected chi connectivity index (χ0v) is 11.2. The number of azo groups is 1. The average Bonchev–Trinajstić information content (AvgIpc) is 2.38. The molecular formula is C14H16N4O. The molecule has 5 nitrogen and oxygen atoms in total. The molecule has 2 rings (SSSR count). The Labute approximate surface area is 112 Å². The van der Waals surface area contributed by atoms with Crippen molar-refractivity contribution < 1.29 is 4.73 Å². The van der Waals surface area contributed by atoms with Crippen LogP contribution in [0.25, 0.3) is 0 Å². The first kappa shape index (κ1) is 13.0. The Kier molecular flexibility index (Phi) is 3.75. The quantitative estimate of drug-likeness (QED) is 0.481. The van der Waals surface area contributed by atoms with E-state index in [0.29, 0.717) is 4.73 Å². The number of nitrogens with zero attached hydrogens (tertiary/aromatic N) is 4. The van der Waals surface area contributed by atoms with Gasteiger partial charge in [-0.1, -0.05) is 12.1 Å². The summed E-state index contributed by atoms with van der Waals surface area (Å²) >= 11 is 0.